The van der Waals surface area contributed by atoms with Gasteiger partial charge in [-0.15, -0.1) is 0 Å². The third kappa shape index (κ3) is 3.71. The third-order valence-electron chi connectivity index (χ3n) is 9.73. The number of nitrogens with zero attached hydrogens (tertiary/aromatic N) is 1. The van der Waals surface area contributed by atoms with Crippen molar-refractivity contribution in [2.75, 3.05) is 0 Å². The number of hydrogen-bond acceptors (Lipinski definition) is 0. The van der Waals surface area contributed by atoms with E-state index in [0.29, 0.717) is 0 Å². The van der Waals surface area contributed by atoms with E-state index in [4.69, 9.17) is 0 Å². The van der Waals surface area contributed by atoms with Gasteiger partial charge in [0, 0.05) is 38.1 Å². The molecule has 0 bridgehead atoms. The van der Waals surface area contributed by atoms with Gasteiger partial charge in [-0.2, -0.15) is 0 Å². The molecule has 0 spiro atoms. The Hall–Kier alpha value is -6.12. The molecule has 2 heteroatoms. The molecule has 0 amide bonds. The Morgan fingerprint density at radius 1 is 0.370 bits per heavy atom. The van der Waals surface area contributed by atoms with Crippen molar-refractivity contribution >= 4 is 65.2 Å². The molecule has 0 aliphatic heterocycles. The summed E-state index contributed by atoms with van der Waals surface area (Å²) in [5.41, 5.74) is 10.8. The first-order valence-corrected chi connectivity index (χ1v) is 15.9. The molecule has 2 nitrogen and oxygen atoms in total. The van der Waals surface area contributed by atoms with Gasteiger partial charge in [-0.3, -0.25) is 0 Å². The number of para-hydroxylation sites is 1. The largest absolute Gasteiger partial charge is 0.354 e. The standard InChI is InChI=1S/C44H28N2/c1-3-11-34-28(8-1)10-7-14-35(34)30-16-21-33(22-17-30)46-42-15-6-5-13-38(42)39-24-20-32(27-43(39)46)31-19-23-37-40-25-18-29-9-2-4-12-36(29)44(40)45-41(37)26-31/h1-27,45H. The van der Waals surface area contributed by atoms with Crippen LogP contribution in [0.4, 0.5) is 0 Å². The van der Waals surface area contributed by atoms with Gasteiger partial charge < -0.3 is 9.55 Å². The van der Waals surface area contributed by atoms with E-state index in [2.05, 4.69) is 173 Å². The molecule has 2 aromatic heterocycles. The van der Waals surface area contributed by atoms with Gasteiger partial charge in [0.15, 0.2) is 0 Å². The maximum Gasteiger partial charge on any atom is 0.0547 e. The van der Waals surface area contributed by atoms with Crippen molar-refractivity contribution in [3.05, 3.63) is 164 Å². The van der Waals surface area contributed by atoms with Gasteiger partial charge in [-0.05, 0) is 68.7 Å². The van der Waals surface area contributed by atoms with Gasteiger partial charge in [0.05, 0.1) is 16.6 Å². The second kappa shape index (κ2) is 9.69. The molecular formula is C44H28N2. The van der Waals surface area contributed by atoms with E-state index in [-0.39, 0.29) is 0 Å². The lowest BCUT2D eigenvalue weighted by molar-refractivity contribution is 1.18. The highest BCUT2D eigenvalue weighted by Crippen LogP contribution is 2.38. The van der Waals surface area contributed by atoms with Crippen molar-refractivity contribution in [1.82, 2.24) is 9.55 Å². The van der Waals surface area contributed by atoms with Crippen LogP contribution in [0.2, 0.25) is 0 Å². The number of benzene rings is 8. The van der Waals surface area contributed by atoms with E-state index in [9.17, 15) is 0 Å². The zero-order valence-corrected chi connectivity index (χ0v) is 25.0. The van der Waals surface area contributed by atoms with Crippen molar-refractivity contribution < 1.29 is 0 Å². The molecule has 214 valence electrons. The van der Waals surface area contributed by atoms with Gasteiger partial charge in [-0.25, -0.2) is 0 Å². The number of rotatable bonds is 3. The van der Waals surface area contributed by atoms with Crippen LogP contribution in [0.3, 0.4) is 0 Å². The van der Waals surface area contributed by atoms with Crippen LogP contribution in [-0.2, 0) is 0 Å². The minimum atomic E-state index is 1.16. The molecule has 0 aliphatic carbocycles. The first-order valence-electron chi connectivity index (χ1n) is 15.9. The van der Waals surface area contributed by atoms with E-state index < -0.39 is 0 Å². The van der Waals surface area contributed by atoms with Crippen LogP contribution in [0.1, 0.15) is 0 Å². The molecule has 1 N–H and O–H groups in total. The molecule has 0 saturated heterocycles. The second-order valence-electron chi connectivity index (χ2n) is 12.3. The van der Waals surface area contributed by atoms with Crippen molar-refractivity contribution in [2.45, 2.75) is 0 Å². The van der Waals surface area contributed by atoms with Crippen LogP contribution in [0.25, 0.3) is 93.1 Å². The van der Waals surface area contributed by atoms with Crippen LogP contribution in [0.15, 0.2) is 164 Å². The smallest absolute Gasteiger partial charge is 0.0547 e. The van der Waals surface area contributed by atoms with Crippen molar-refractivity contribution in [2.24, 2.45) is 0 Å². The van der Waals surface area contributed by atoms with Crippen LogP contribution < -0.4 is 0 Å². The van der Waals surface area contributed by atoms with Gasteiger partial charge in [0.2, 0.25) is 0 Å². The fraction of sp³-hybridized carbons (Fsp3) is 0. The minimum absolute atomic E-state index is 1.16. The Kier molecular flexibility index (Phi) is 5.31. The highest BCUT2D eigenvalue weighted by atomic mass is 15.0. The fourth-order valence-electron chi connectivity index (χ4n) is 7.52. The first-order chi connectivity index (χ1) is 22.8. The Bertz CT molecular complexity index is 2790. The molecule has 0 aliphatic rings. The number of aromatic nitrogens is 2. The summed E-state index contributed by atoms with van der Waals surface area (Å²) in [5, 5.41) is 10.1. The van der Waals surface area contributed by atoms with E-state index >= 15 is 0 Å². The topological polar surface area (TPSA) is 20.7 Å². The normalized spacial score (nSPS) is 11.9. The molecule has 10 aromatic rings. The van der Waals surface area contributed by atoms with E-state index in [1.165, 1.54) is 81.9 Å². The maximum atomic E-state index is 3.75. The molecule has 46 heavy (non-hydrogen) atoms. The summed E-state index contributed by atoms with van der Waals surface area (Å²) in [6, 6.07) is 59.7. The van der Waals surface area contributed by atoms with E-state index in [1.54, 1.807) is 0 Å². The zero-order chi connectivity index (χ0) is 30.2. The van der Waals surface area contributed by atoms with Crippen molar-refractivity contribution in [1.29, 1.82) is 0 Å². The minimum Gasteiger partial charge on any atom is -0.354 e. The van der Waals surface area contributed by atoms with Crippen molar-refractivity contribution in [3.8, 4) is 27.9 Å². The molecule has 0 fully saturated rings. The van der Waals surface area contributed by atoms with E-state index in [1.807, 2.05) is 0 Å². The number of hydrogen-bond donors (Lipinski definition) is 1. The Morgan fingerprint density at radius 3 is 1.83 bits per heavy atom. The molecule has 10 rings (SSSR count). The lowest BCUT2D eigenvalue weighted by Crippen LogP contribution is -1.94. The summed E-state index contributed by atoms with van der Waals surface area (Å²) < 4.78 is 2.41. The highest BCUT2D eigenvalue weighted by molar-refractivity contribution is 6.17. The number of nitrogens with one attached hydrogen (secondary N) is 1. The van der Waals surface area contributed by atoms with Crippen molar-refractivity contribution in [3.63, 3.8) is 0 Å². The van der Waals surface area contributed by atoms with Crippen LogP contribution in [0, 0.1) is 0 Å². The van der Waals surface area contributed by atoms with Crippen LogP contribution >= 0.6 is 0 Å². The van der Waals surface area contributed by atoms with Crippen LogP contribution in [-0.4, -0.2) is 9.55 Å². The first kappa shape index (κ1) is 25.2. The molecular weight excluding hydrogens is 556 g/mol. The number of fused-ring (bicyclic) bond motifs is 9. The zero-order valence-electron chi connectivity index (χ0n) is 25.0. The summed E-state index contributed by atoms with van der Waals surface area (Å²) in [6.45, 7) is 0. The van der Waals surface area contributed by atoms with E-state index in [0.717, 1.165) is 11.2 Å². The average Bonchev–Trinajstić information content (AvgIpc) is 3.67. The fourth-order valence-corrected chi connectivity index (χ4v) is 7.52. The number of H-pyrrole nitrogens is 1. The Labute approximate surface area is 265 Å². The van der Waals surface area contributed by atoms with Crippen LogP contribution in [0.5, 0.6) is 0 Å². The summed E-state index contributed by atoms with van der Waals surface area (Å²) >= 11 is 0. The van der Waals surface area contributed by atoms with Gasteiger partial charge in [0.25, 0.3) is 0 Å². The lowest BCUT2D eigenvalue weighted by atomic mass is 9.98. The van der Waals surface area contributed by atoms with Gasteiger partial charge in [-0.1, -0.05) is 133 Å². The summed E-state index contributed by atoms with van der Waals surface area (Å²) in [6.07, 6.45) is 0. The SMILES string of the molecule is c1ccc2c(-c3ccc(-n4c5ccccc5c5ccc(-c6ccc7c(c6)[nH]c6c8ccccc8ccc76)cc54)cc3)cccc2c1. The predicted molar refractivity (Wildman–Crippen MR) is 196 cm³/mol. The molecule has 0 radical (unpaired) electrons. The Morgan fingerprint density at radius 2 is 0.978 bits per heavy atom. The maximum absolute atomic E-state index is 3.75. The number of aromatic amines is 1. The summed E-state index contributed by atoms with van der Waals surface area (Å²) in [7, 11) is 0. The molecule has 0 atom stereocenters. The molecule has 2 heterocycles. The van der Waals surface area contributed by atoms with Gasteiger partial charge in [0.1, 0.15) is 0 Å². The lowest BCUT2D eigenvalue weighted by Gasteiger charge is -2.11. The Balaban J connectivity index is 1.13. The quantitative estimate of drug-likeness (QED) is 0.213. The monoisotopic (exact) mass is 584 g/mol. The second-order valence-corrected chi connectivity index (χ2v) is 12.3. The molecule has 0 saturated carbocycles. The summed E-state index contributed by atoms with van der Waals surface area (Å²) in [4.78, 5) is 3.75. The molecule has 0 unspecified atom stereocenters. The third-order valence-corrected chi connectivity index (χ3v) is 9.73. The highest BCUT2D eigenvalue weighted by Gasteiger charge is 2.15. The molecule has 8 aromatic carbocycles. The predicted octanol–water partition coefficient (Wildman–Crippen LogP) is 12.1. The average molecular weight is 585 g/mol. The summed E-state index contributed by atoms with van der Waals surface area (Å²) in [5.74, 6) is 0. The van der Waals surface area contributed by atoms with Gasteiger partial charge >= 0.3 is 0 Å².